The highest BCUT2D eigenvalue weighted by atomic mass is 32.1. The number of hydrogen-bond donors (Lipinski definition) is 0. The number of amides is 1. The van der Waals surface area contributed by atoms with E-state index in [1.165, 1.54) is 28.4 Å². The molecule has 1 saturated heterocycles. The first-order valence-electron chi connectivity index (χ1n) is 6.56. The molecule has 1 aromatic heterocycles. The van der Waals surface area contributed by atoms with Crippen molar-refractivity contribution < 1.29 is 14.5 Å². The number of carbonyl (C=O) groups is 1. The summed E-state index contributed by atoms with van der Waals surface area (Å²) in [4.78, 5) is 28.1. The van der Waals surface area contributed by atoms with E-state index in [0.717, 1.165) is 5.56 Å². The molecule has 2 aromatic rings. The van der Waals surface area contributed by atoms with Gasteiger partial charge in [-0.2, -0.15) is 0 Å². The van der Waals surface area contributed by atoms with Crippen LogP contribution in [0.2, 0.25) is 0 Å². The predicted molar refractivity (Wildman–Crippen MR) is 82.1 cm³/mol. The molecule has 8 heteroatoms. The van der Waals surface area contributed by atoms with E-state index in [1.54, 1.807) is 12.1 Å². The van der Waals surface area contributed by atoms with E-state index in [1.807, 2.05) is 19.2 Å². The number of rotatable bonds is 3. The molecule has 1 aromatic carbocycles. The highest BCUT2D eigenvalue weighted by Crippen LogP contribution is 2.35. The standard InChI is InChI=1S/C14H13N3O4S/c1-14(2)8-21-13(18)16(14)12-15-11(7-22-12)9-3-5-10(6-4-9)17(19)20/h3-7H,8H2,1-2H3. The van der Waals surface area contributed by atoms with Crippen LogP contribution in [0.3, 0.4) is 0 Å². The zero-order valence-electron chi connectivity index (χ0n) is 12.0. The van der Waals surface area contributed by atoms with Gasteiger partial charge >= 0.3 is 6.09 Å². The summed E-state index contributed by atoms with van der Waals surface area (Å²) in [6.07, 6.45) is -0.408. The molecular formula is C14H13N3O4S. The van der Waals surface area contributed by atoms with Gasteiger partial charge in [0.2, 0.25) is 0 Å². The average Bonchev–Trinajstić information content (AvgIpc) is 3.04. The predicted octanol–water partition coefficient (Wildman–Crippen LogP) is 3.45. The maximum absolute atomic E-state index is 11.9. The highest BCUT2D eigenvalue weighted by Gasteiger charge is 2.42. The molecule has 1 aliphatic rings. The Balaban J connectivity index is 1.91. The number of benzene rings is 1. The summed E-state index contributed by atoms with van der Waals surface area (Å²) < 4.78 is 5.07. The zero-order valence-corrected chi connectivity index (χ0v) is 12.8. The lowest BCUT2D eigenvalue weighted by molar-refractivity contribution is -0.384. The smallest absolute Gasteiger partial charge is 0.416 e. The number of ether oxygens (including phenoxy) is 1. The van der Waals surface area contributed by atoms with Crippen LogP contribution in [0.25, 0.3) is 11.3 Å². The van der Waals surface area contributed by atoms with Crippen LogP contribution in [0.15, 0.2) is 29.6 Å². The van der Waals surface area contributed by atoms with Crippen molar-refractivity contribution in [3.8, 4) is 11.3 Å². The van der Waals surface area contributed by atoms with Crippen molar-refractivity contribution in [1.82, 2.24) is 4.98 Å². The molecule has 0 aliphatic carbocycles. The van der Waals surface area contributed by atoms with Crippen LogP contribution in [0.5, 0.6) is 0 Å². The molecule has 114 valence electrons. The molecule has 7 nitrogen and oxygen atoms in total. The molecule has 1 fully saturated rings. The first-order chi connectivity index (χ1) is 10.4. The van der Waals surface area contributed by atoms with Crippen molar-refractivity contribution in [3.63, 3.8) is 0 Å². The van der Waals surface area contributed by atoms with Crippen molar-refractivity contribution in [1.29, 1.82) is 0 Å². The fourth-order valence-electron chi connectivity index (χ4n) is 2.21. The molecule has 0 radical (unpaired) electrons. The lowest BCUT2D eigenvalue weighted by atomic mass is 10.1. The monoisotopic (exact) mass is 319 g/mol. The van der Waals surface area contributed by atoms with Gasteiger partial charge in [-0.1, -0.05) is 0 Å². The van der Waals surface area contributed by atoms with Crippen molar-refractivity contribution >= 4 is 28.2 Å². The lowest BCUT2D eigenvalue weighted by Crippen LogP contribution is -2.42. The third-order valence-corrected chi connectivity index (χ3v) is 4.22. The molecular weight excluding hydrogens is 306 g/mol. The number of nitrogens with zero attached hydrogens (tertiary/aromatic N) is 3. The lowest BCUT2D eigenvalue weighted by Gasteiger charge is -2.24. The number of thiazole rings is 1. The van der Waals surface area contributed by atoms with Crippen molar-refractivity contribution in [2.45, 2.75) is 19.4 Å². The second kappa shape index (κ2) is 5.06. The molecule has 1 amide bonds. The van der Waals surface area contributed by atoms with Crippen molar-refractivity contribution in [2.24, 2.45) is 0 Å². The van der Waals surface area contributed by atoms with Gasteiger partial charge in [0.05, 0.1) is 16.2 Å². The molecule has 1 aliphatic heterocycles. The number of aromatic nitrogens is 1. The van der Waals surface area contributed by atoms with Gasteiger partial charge in [0.1, 0.15) is 6.61 Å². The Morgan fingerprint density at radius 2 is 2.05 bits per heavy atom. The summed E-state index contributed by atoms with van der Waals surface area (Å²) in [6.45, 7) is 4.13. The minimum atomic E-state index is -0.445. The maximum atomic E-state index is 11.9. The SMILES string of the molecule is CC1(C)COC(=O)N1c1nc(-c2ccc([N+](=O)[O-])cc2)cs1. The van der Waals surface area contributed by atoms with Crippen LogP contribution < -0.4 is 4.90 Å². The van der Waals surface area contributed by atoms with Crippen LogP contribution in [0.4, 0.5) is 15.6 Å². The van der Waals surface area contributed by atoms with E-state index in [0.29, 0.717) is 17.4 Å². The third-order valence-electron chi connectivity index (χ3n) is 3.39. The second-order valence-electron chi connectivity index (χ2n) is 5.52. The minimum Gasteiger partial charge on any atom is -0.447 e. The fourth-order valence-corrected chi connectivity index (χ4v) is 3.19. The van der Waals surface area contributed by atoms with Crippen LogP contribution >= 0.6 is 11.3 Å². The topological polar surface area (TPSA) is 85.6 Å². The van der Waals surface area contributed by atoms with Crippen LogP contribution in [-0.2, 0) is 4.74 Å². The van der Waals surface area contributed by atoms with Gasteiger partial charge in [-0.3, -0.25) is 10.1 Å². The molecule has 0 unspecified atom stereocenters. The van der Waals surface area contributed by atoms with E-state index >= 15 is 0 Å². The molecule has 3 rings (SSSR count). The highest BCUT2D eigenvalue weighted by molar-refractivity contribution is 7.14. The average molecular weight is 319 g/mol. The molecule has 0 saturated carbocycles. The van der Waals surface area contributed by atoms with E-state index < -0.39 is 16.6 Å². The number of hydrogen-bond acceptors (Lipinski definition) is 6. The number of nitro benzene ring substituents is 1. The quantitative estimate of drug-likeness (QED) is 0.639. The molecule has 0 bridgehead atoms. The third kappa shape index (κ3) is 2.41. The summed E-state index contributed by atoms with van der Waals surface area (Å²) in [6, 6.07) is 6.15. The van der Waals surface area contributed by atoms with Crippen molar-refractivity contribution in [2.75, 3.05) is 11.5 Å². The van der Waals surface area contributed by atoms with Gasteiger partial charge in [0.25, 0.3) is 5.69 Å². The Morgan fingerprint density at radius 1 is 1.36 bits per heavy atom. The van der Waals surface area contributed by atoms with Gasteiger partial charge in [0, 0.05) is 23.1 Å². The molecule has 0 spiro atoms. The van der Waals surface area contributed by atoms with E-state index in [4.69, 9.17) is 4.74 Å². The minimum absolute atomic E-state index is 0.0310. The molecule has 2 heterocycles. The van der Waals surface area contributed by atoms with E-state index in [-0.39, 0.29) is 5.69 Å². The number of nitro groups is 1. The largest absolute Gasteiger partial charge is 0.447 e. The maximum Gasteiger partial charge on any atom is 0.416 e. The Morgan fingerprint density at radius 3 is 2.59 bits per heavy atom. The fraction of sp³-hybridized carbons (Fsp3) is 0.286. The van der Waals surface area contributed by atoms with Crippen LogP contribution in [0, 0.1) is 10.1 Å². The zero-order chi connectivity index (χ0) is 15.9. The Hall–Kier alpha value is -2.48. The molecule has 0 N–H and O–H groups in total. The Bertz CT molecular complexity index is 739. The Kier molecular flexibility index (Phi) is 3.32. The van der Waals surface area contributed by atoms with Gasteiger partial charge in [0.15, 0.2) is 5.13 Å². The number of anilines is 1. The summed E-state index contributed by atoms with van der Waals surface area (Å²) in [5, 5.41) is 13.0. The normalized spacial score (nSPS) is 16.6. The number of carbonyl (C=O) groups excluding carboxylic acids is 1. The molecule has 22 heavy (non-hydrogen) atoms. The first-order valence-corrected chi connectivity index (χ1v) is 7.44. The summed E-state index contributed by atoms with van der Waals surface area (Å²) in [5.41, 5.74) is 1.02. The summed E-state index contributed by atoms with van der Waals surface area (Å²) >= 11 is 1.34. The van der Waals surface area contributed by atoms with Crippen LogP contribution in [0.1, 0.15) is 13.8 Å². The van der Waals surface area contributed by atoms with E-state index in [2.05, 4.69) is 4.98 Å². The van der Waals surface area contributed by atoms with Gasteiger partial charge in [-0.15, -0.1) is 11.3 Å². The van der Waals surface area contributed by atoms with Gasteiger partial charge in [-0.05, 0) is 26.0 Å². The molecule has 0 atom stereocenters. The summed E-state index contributed by atoms with van der Waals surface area (Å²) in [5.74, 6) is 0. The van der Waals surface area contributed by atoms with E-state index in [9.17, 15) is 14.9 Å². The summed E-state index contributed by atoms with van der Waals surface area (Å²) in [7, 11) is 0. The van der Waals surface area contributed by atoms with Gasteiger partial charge in [-0.25, -0.2) is 14.7 Å². The Labute approximate surface area is 130 Å². The van der Waals surface area contributed by atoms with Crippen LogP contribution in [-0.4, -0.2) is 28.1 Å². The number of non-ortho nitro benzene ring substituents is 1. The van der Waals surface area contributed by atoms with Gasteiger partial charge < -0.3 is 4.74 Å². The first kappa shape index (κ1) is 14.5. The van der Waals surface area contributed by atoms with Crippen molar-refractivity contribution in [3.05, 3.63) is 39.8 Å². The second-order valence-corrected chi connectivity index (χ2v) is 6.36. The number of cyclic esters (lactones) is 1.